The zero-order chi connectivity index (χ0) is 19.5. The van der Waals surface area contributed by atoms with Crippen molar-refractivity contribution in [1.82, 2.24) is 4.31 Å². The van der Waals surface area contributed by atoms with Gasteiger partial charge in [-0.1, -0.05) is 37.0 Å². The first kappa shape index (κ1) is 20.6. The Balaban J connectivity index is 2.39. The highest BCUT2D eigenvalue weighted by molar-refractivity contribution is 7.89. The van der Waals surface area contributed by atoms with Crippen LogP contribution in [0.3, 0.4) is 0 Å². The highest BCUT2D eigenvalue weighted by atomic mass is 35.5. The minimum absolute atomic E-state index is 0.0162. The Morgan fingerprint density at radius 2 is 1.77 bits per heavy atom. The fourth-order valence-electron chi connectivity index (χ4n) is 2.25. The molecule has 5 nitrogen and oxygen atoms in total. The van der Waals surface area contributed by atoms with Crippen molar-refractivity contribution < 1.29 is 22.3 Å². The zero-order valence-corrected chi connectivity index (χ0v) is 16.3. The number of hydrogen-bond acceptors (Lipinski definition) is 4. The molecule has 0 aliphatic rings. The standard InChI is InChI=1S/C17H16Cl2FNO4S/c1-3-21(4-2)26(23,24)12-6-7-15(20)13(10-12)17(22)25-16-8-5-11(18)9-14(16)19/h5-10H,3-4H2,1-2H3. The molecular formula is C17H16Cl2FNO4S. The van der Waals surface area contributed by atoms with Gasteiger partial charge in [0.1, 0.15) is 11.6 Å². The van der Waals surface area contributed by atoms with Gasteiger partial charge in [0, 0.05) is 18.1 Å². The summed E-state index contributed by atoms with van der Waals surface area (Å²) in [5.41, 5.74) is -0.510. The summed E-state index contributed by atoms with van der Waals surface area (Å²) in [6.07, 6.45) is 0. The summed E-state index contributed by atoms with van der Waals surface area (Å²) < 4.78 is 45.4. The van der Waals surface area contributed by atoms with E-state index in [4.69, 9.17) is 27.9 Å². The summed E-state index contributed by atoms with van der Waals surface area (Å²) in [5.74, 6) is -1.99. The van der Waals surface area contributed by atoms with Gasteiger partial charge in [-0.25, -0.2) is 17.6 Å². The Morgan fingerprint density at radius 3 is 2.35 bits per heavy atom. The predicted octanol–water partition coefficient (Wildman–Crippen LogP) is 4.38. The van der Waals surface area contributed by atoms with Gasteiger partial charge < -0.3 is 4.74 Å². The fraction of sp³-hybridized carbons (Fsp3) is 0.235. The van der Waals surface area contributed by atoms with Gasteiger partial charge >= 0.3 is 5.97 Å². The van der Waals surface area contributed by atoms with Gasteiger partial charge in [0.15, 0.2) is 0 Å². The molecular weight excluding hydrogens is 404 g/mol. The van der Waals surface area contributed by atoms with Crippen LogP contribution in [0.15, 0.2) is 41.3 Å². The Labute approximate surface area is 161 Å². The quantitative estimate of drug-likeness (QED) is 0.514. The molecule has 2 aromatic rings. The molecule has 140 valence electrons. The lowest BCUT2D eigenvalue weighted by Gasteiger charge is -2.18. The molecule has 2 rings (SSSR count). The van der Waals surface area contributed by atoms with E-state index in [9.17, 15) is 17.6 Å². The smallest absolute Gasteiger partial charge is 0.346 e. The third-order valence-corrected chi connectivity index (χ3v) is 6.17. The van der Waals surface area contributed by atoms with Crippen molar-refractivity contribution in [3.63, 3.8) is 0 Å². The van der Waals surface area contributed by atoms with E-state index in [0.29, 0.717) is 5.02 Å². The van der Waals surface area contributed by atoms with E-state index in [1.54, 1.807) is 13.8 Å². The molecule has 0 saturated carbocycles. The van der Waals surface area contributed by atoms with Gasteiger partial charge in [-0.2, -0.15) is 4.31 Å². The number of halogens is 3. The van der Waals surface area contributed by atoms with Gasteiger partial charge in [-0.05, 0) is 36.4 Å². The van der Waals surface area contributed by atoms with E-state index in [2.05, 4.69) is 0 Å². The highest BCUT2D eigenvalue weighted by Crippen LogP contribution is 2.29. The molecule has 0 unspecified atom stereocenters. The number of carbonyl (C=O) groups is 1. The molecule has 0 saturated heterocycles. The van der Waals surface area contributed by atoms with Crippen LogP contribution >= 0.6 is 23.2 Å². The first-order chi connectivity index (χ1) is 12.2. The Bertz CT molecular complexity index is 930. The maximum Gasteiger partial charge on any atom is 0.346 e. The molecule has 0 aliphatic heterocycles. The van der Waals surface area contributed by atoms with E-state index in [0.717, 1.165) is 18.2 Å². The lowest BCUT2D eigenvalue weighted by atomic mass is 10.2. The lowest BCUT2D eigenvalue weighted by molar-refractivity contribution is 0.0729. The van der Waals surface area contributed by atoms with Crippen molar-refractivity contribution in [2.45, 2.75) is 18.7 Å². The number of rotatable bonds is 6. The summed E-state index contributed by atoms with van der Waals surface area (Å²) in [6.45, 7) is 3.86. The Kier molecular flexibility index (Phi) is 6.63. The van der Waals surface area contributed by atoms with Crippen LogP contribution in [0.1, 0.15) is 24.2 Å². The van der Waals surface area contributed by atoms with Gasteiger partial charge in [0.05, 0.1) is 15.5 Å². The van der Waals surface area contributed by atoms with Gasteiger partial charge in [0.2, 0.25) is 10.0 Å². The lowest BCUT2D eigenvalue weighted by Crippen LogP contribution is -2.30. The first-order valence-electron chi connectivity index (χ1n) is 7.67. The number of hydrogen-bond donors (Lipinski definition) is 0. The maximum absolute atomic E-state index is 14.1. The average Bonchev–Trinajstić information content (AvgIpc) is 2.58. The van der Waals surface area contributed by atoms with Crippen LogP contribution in [0.4, 0.5) is 4.39 Å². The number of carbonyl (C=O) groups excluding carboxylic acids is 1. The topological polar surface area (TPSA) is 63.7 Å². The van der Waals surface area contributed by atoms with Gasteiger partial charge in [-0.3, -0.25) is 0 Å². The molecule has 26 heavy (non-hydrogen) atoms. The molecule has 2 aromatic carbocycles. The SMILES string of the molecule is CCN(CC)S(=O)(=O)c1ccc(F)c(C(=O)Oc2ccc(Cl)cc2Cl)c1. The van der Waals surface area contributed by atoms with Crippen LogP contribution in [0, 0.1) is 5.82 Å². The van der Waals surface area contributed by atoms with Crippen molar-refractivity contribution in [1.29, 1.82) is 0 Å². The van der Waals surface area contributed by atoms with E-state index in [1.165, 1.54) is 22.5 Å². The molecule has 0 bridgehead atoms. The average molecular weight is 420 g/mol. The van der Waals surface area contributed by atoms with Crippen LogP contribution < -0.4 is 4.74 Å². The summed E-state index contributed by atoms with van der Waals surface area (Å²) in [7, 11) is -3.85. The second-order valence-electron chi connectivity index (χ2n) is 5.20. The van der Waals surface area contributed by atoms with Gasteiger partial charge in [0.25, 0.3) is 0 Å². The molecule has 0 amide bonds. The number of nitrogens with zero attached hydrogens (tertiary/aromatic N) is 1. The third-order valence-electron chi connectivity index (χ3n) is 3.60. The monoisotopic (exact) mass is 419 g/mol. The molecule has 0 fully saturated rings. The molecule has 0 N–H and O–H groups in total. The van der Waals surface area contributed by atoms with Crippen molar-refractivity contribution >= 4 is 39.2 Å². The number of sulfonamides is 1. The van der Waals surface area contributed by atoms with Crippen LogP contribution in [0.5, 0.6) is 5.75 Å². The van der Waals surface area contributed by atoms with Crippen LogP contribution in [0.2, 0.25) is 10.0 Å². The molecule has 0 heterocycles. The van der Waals surface area contributed by atoms with E-state index < -0.39 is 27.4 Å². The fourth-order valence-corrected chi connectivity index (χ4v) is 4.18. The van der Waals surface area contributed by atoms with Crippen molar-refractivity contribution in [2.75, 3.05) is 13.1 Å². The Morgan fingerprint density at radius 1 is 1.12 bits per heavy atom. The first-order valence-corrected chi connectivity index (χ1v) is 9.87. The van der Waals surface area contributed by atoms with E-state index in [1.807, 2.05) is 0 Å². The highest BCUT2D eigenvalue weighted by Gasteiger charge is 2.25. The maximum atomic E-state index is 14.1. The van der Waals surface area contributed by atoms with Crippen molar-refractivity contribution in [2.24, 2.45) is 0 Å². The van der Waals surface area contributed by atoms with Gasteiger partial charge in [-0.15, -0.1) is 0 Å². The molecule has 0 spiro atoms. The van der Waals surface area contributed by atoms with E-state index in [-0.39, 0.29) is 28.8 Å². The van der Waals surface area contributed by atoms with E-state index >= 15 is 0 Å². The van der Waals surface area contributed by atoms with Crippen LogP contribution in [-0.4, -0.2) is 31.8 Å². The predicted molar refractivity (Wildman–Crippen MR) is 97.9 cm³/mol. The number of esters is 1. The molecule has 0 aliphatic carbocycles. The summed E-state index contributed by atoms with van der Waals surface area (Å²) in [5, 5.41) is 0.409. The summed E-state index contributed by atoms with van der Waals surface area (Å²) in [6, 6.07) is 7.15. The number of ether oxygens (including phenoxy) is 1. The minimum Gasteiger partial charge on any atom is -0.421 e. The molecule has 0 radical (unpaired) electrons. The summed E-state index contributed by atoms with van der Waals surface area (Å²) >= 11 is 11.7. The normalized spacial score (nSPS) is 11.6. The number of benzene rings is 2. The molecule has 0 atom stereocenters. The molecule has 0 aromatic heterocycles. The minimum atomic E-state index is -3.85. The molecule has 9 heteroatoms. The third kappa shape index (κ3) is 4.35. The van der Waals surface area contributed by atoms with Crippen molar-refractivity contribution in [3.05, 3.63) is 57.8 Å². The second kappa shape index (κ2) is 8.35. The van der Waals surface area contributed by atoms with Crippen LogP contribution in [-0.2, 0) is 10.0 Å². The second-order valence-corrected chi connectivity index (χ2v) is 7.98. The summed E-state index contributed by atoms with van der Waals surface area (Å²) in [4.78, 5) is 12.1. The van der Waals surface area contributed by atoms with Crippen LogP contribution in [0.25, 0.3) is 0 Å². The van der Waals surface area contributed by atoms with Crippen molar-refractivity contribution in [3.8, 4) is 5.75 Å². The Hall–Kier alpha value is -1.67. The largest absolute Gasteiger partial charge is 0.421 e. The zero-order valence-electron chi connectivity index (χ0n) is 14.0.